The number of rotatable bonds is 2. The molecule has 1 fully saturated rings. The fraction of sp³-hybridized carbons (Fsp3) is 0.500. The summed E-state index contributed by atoms with van der Waals surface area (Å²) in [6.07, 6.45) is 4.28. The Kier molecular flexibility index (Phi) is 4.27. The summed E-state index contributed by atoms with van der Waals surface area (Å²) < 4.78 is 0.814. The fourth-order valence-electron chi connectivity index (χ4n) is 2.53. The molecule has 3 nitrogen and oxygen atoms in total. The molecule has 1 heterocycles. The molecule has 1 amide bonds. The number of nitrogens with zero attached hydrogens (tertiary/aromatic N) is 1. The molecular weight excluding hydrogens is 294 g/mol. The first-order valence-electron chi connectivity index (χ1n) is 6.43. The molecule has 18 heavy (non-hydrogen) atoms. The average molecular weight is 312 g/mol. The summed E-state index contributed by atoms with van der Waals surface area (Å²) in [6, 6.07) is 5.30. The van der Waals surface area contributed by atoms with E-state index in [1.807, 2.05) is 4.90 Å². The summed E-state index contributed by atoms with van der Waals surface area (Å²) in [7, 11) is 0. The summed E-state index contributed by atoms with van der Waals surface area (Å²) in [4.78, 5) is 14.4. The third-order valence-electron chi connectivity index (χ3n) is 3.55. The lowest BCUT2D eigenvalue weighted by Crippen LogP contribution is -2.43. The van der Waals surface area contributed by atoms with E-state index in [0.29, 0.717) is 11.6 Å². The normalized spacial score (nSPS) is 19.9. The molecule has 1 N–H and O–H groups in total. The zero-order chi connectivity index (χ0) is 13.1. The maximum absolute atomic E-state index is 12.5. The smallest absolute Gasteiger partial charge is 0.257 e. The van der Waals surface area contributed by atoms with E-state index in [0.717, 1.165) is 30.3 Å². The van der Waals surface area contributed by atoms with Crippen LogP contribution in [0, 0.1) is 0 Å². The Hall–Kier alpha value is -1.03. The van der Waals surface area contributed by atoms with Crippen molar-refractivity contribution in [3.8, 4) is 5.75 Å². The molecule has 0 spiro atoms. The van der Waals surface area contributed by atoms with Crippen LogP contribution in [0.15, 0.2) is 22.7 Å². The van der Waals surface area contributed by atoms with Crippen LogP contribution in [0.25, 0.3) is 0 Å². The van der Waals surface area contributed by atoms with Gasteiger partial charge in [-0.15, -0.1) is 0 Å². The number of likely N-dealkylation sites (tertiary alicyclic amines) is 1. The van der Waals surface area contributed by atoms with Crippen molar-refractivity contribution in [1.82, 2.24) is 4.90 Å². The van der Waals surface area contributed by atoms with Gasteiger partial charge in [0, 0.05) is 17.1 Å². The lowest BCUT2D eigenvalue weighted by Gasteiger charge is -2.35. The summed E-state index contributed by atoms with van der Waals surface area (Å²) in [5.74, 6) is 0.00368. The Morgan fingerprint density at radius 3 is 3.00 bits per heavy atom. The Labute approximate surface area is 116 Å². The van der Waals surface area contributed by atoms with E-state index in [4.69, 9.17) is 0 Å². The number of aromatic hydroxyl groups is 1. The van der Waals surface area contributed by atoms with Crippen molar-refractivity contribution < 1.29 is 9.90 Å². The third kappa shape index (κ3) is 2.69. The molecule has 0 radical (unpaired) electrons. The van der Waals surface area contributed by atoms with Crippen molar-refractivity contribution in [3.63, 3.8) is 0 Å². The largest absolute Gasteiger partial charge is 0.507 e. The van der Waals surface area contributed by atoms with Crippen molar-refractivity contribution in [2.45, 2.75) is 38.6 Å². The number of phenolic OH excluding ortho intramolecular Hbond substituents is 1. The van der Waals surface area contributed by atoms with E-state index < -0.39 is 0 Å². The molecule has 1 aromatic carbocycles. The van der Waals surface area contributed by atoms with Gasteiger partial charge in [0.1, 0.15) is 5.75 Å². The molecule has 1 aliphatic heterocycles. The van der Waals surface area contributed by atoms with Crippen LogP contribution in [0.5, 0.6) is 5.75 Å². The average Bonchev–Trinajstić information content (AvgIpc) is 2.40. The van der Waals surface area contributed by atoms with Gasteiger partial charge in [-0.2, -0.15) is 0 Å². The number of phenols is 1. The lowest BCUT2D eigenvalue weighted by atomic mass is 9.98. The highest BCUT2D eigenvalue weighted by molar-refractivity contribution is 9.10. The quantitative estimate of drug-likeness (QED) is 0.907. The van der Waals surface area contributed by atoms with E-state index in [1.165, 1.54) is 6.42 Å². The minimum atomic E-state index is -0.0552. The molecule has 1 aliphatic rings. The van der Waals surface area contributed by atoms with Crippen LogP contribution >= 0.6 is 15.9 Å². The fourth-order valence-corrected chi connectivity index (χ4v) is 2.89. The van der Waals surface area contributed by atoms with Crippen molar-refractivity contribution in [1.29, 1.82) is 0 Å². The van der Waals surface area contributed by atoms with Crippen molar-refractivity contribution in [3.05, 3.63) is 28.2 Å². The van der Waals surface area contributed by atoms with Crippen molar-refractivity contribution in [2.24, 2.45) is 0 Å². The topological polar surface area (TPSA) is 40.5 Å². The second kappa shape index (κ2) is 5.74. The van der Waals surface area contributed by atoms with Crippen LogP contribution in [0.3, 0.4) is 0 Å². The first-order valence-corrected chi connectivity index (χ1v) is 7.22. The monoisotopic (exact) mass is 311 g/mol. The van der Waals surface area contributed by atoms with Gasteiger partial charge in [-0.25, -0.2) is 0 Å². The van der Waals surface area contributed by atoms with Gasteiger partial charge in [0.05, 0.1) is 5.56 Å². The zero-order valence-corrected chi connectivity index (χ0v) is 12.1. The third-order valence-corrected chi connectivity index (χ3v) is 4.04. The molecule has 0 aromatic heterocycles. The molecule has 0 aliphatic carbocycles. The predicted molar refractivity (Wildman–Crippen MR) is 74.8 cm³/mol. The Morgan fingerprint density at radius 2 is 2.28 bits per heavy atom. The Morgan fingerprint density at radius 1 is 1.50 bits per heavy atom. The highest BCUT2D eigenvalue weighted by Crippen LogP contribution is 2.27. The summed E-state index contributed by atoms with van der Waals surface area (Å²) in [5, 5.41) is 9.83. The Bertz CT molecular complexity index is 447. The van der Waals surface area contributed by atoms with Crippen LogP contribution in [0.1, 0.15) is 43.0 Å². The highest BCUT2D eigenvalue weighted by Gasteiger charge is 2.27. The standard InChI is InChI=1S/C14H18BrNO2/c1-2-11-5-3-4-8-16(11)14(18)12-9-10(15)6-7-13(12)17/h6-7,9,11,17H,2-5,8H2,1H3. The van der Waals surface area contributed by atoms with Gasteiger partial charge >= 0.3 is 0 Å². The van der Waals surface area contributed by atoms with Gasteiger partial charge in [-0.05, 0) is 43.9 Å². The summed E-state index contributed by atoms with van der Waals surface area (Å²) >= 11 is 3.34. The van der Waals surface area contributed by atoms with Crippen LogP contribution in [-0.2, 0) is 0 Å². The van der Waals surface area contributed by atoms with Crippen LogP contribution < -0.4 is 0 Å². The molecule has 1 unspecified atom stereocenters. The molecular formula is C14H18BrNO2. The molecule has 98 valence electrons. The Balaban J connectivity index is 2.26. The highest BCUT2D eigenvalue weighted by atomic mass is 79.9. The number of hydrogen-bond acceptors (Lipinski definition) is 2. The van der Waals surface area contributed by atoms with Crippen molar-refractivity contribution in [2.75, 3.05) is 6.54 Å². The molecule has 1 aromatic rings. The van der Waals surface area contributed by atoms with E-state index in [2.05, 4.69) is 22.9 Å². The van der Waals surface area contributed by atoms with E-state index >= 15 is 0 Å². The van der Waals surface area contributed by atoms with Gasteiger partial charge < -0.3 is 10.0 Å². The molecule has 4 heteroatoms. The number of benzene rings is 1. The second-order valence-corrected chi connectivity index (χ2v) is 5.63. The number of halogens is 1. The summed E-state index contributed by atoms with van der Waals surface area (Å²) in [5.41, 5.74) is 0.393. The van der Waals surface area contributed by atoms with Crippen LogP contribution in [0.4, 0.5) is 0 Å². The molecule has 1 saturated heterocycles. The molecule has 0 saturated carbocycles. The predicted octanol–water partition coefficient (Wildman–Crippen LogP) is 3.56. The number of piperidine rings is 1. The first kappa shape index (κ1) is 13.4. The van der Waals surface area contributed by atoms with E-state index in [1.54, 1.807) is 18.2 Å². The first-order chi connectivity index (χ1) is 8.63. The summed E-state index contributed by atoms with van der Waals surface area (Å²) in [6.45, 7) is 2.90. The van der Waals surface area contributed by atoms with E-state index in [9.17, 15) is 9.90 Å². The van der Waals surface area contributed by atoms with Gasteiger partial charge in [0.15, 0.2) is 0 Å². The minimum absolute atomic E-state index is 0.0552. The number of carbonyl (C=O) groups excluding carboxylic acids is 1. The molecule has 2 rings (SSSR count). The van der Waals surface area contributed by atoms with Gasteiger partial charge in [-0.1, -0.05) is 22.9 Å². The number of amides is 1. The van der Waals surface area contributed by atoms with Gasteiger partial charge in [0.2, 0.25) is 0 Å². The zero-order valence-electron chi connectivity index (χ0n) is 10.5. The maximum Gasteiger partial charge on any atom is 0.257 e. The number of hydrogen-bond donors (Lipinski definition) is 1. The molecule has 0 bridgehead atoms. The van der Waals surface area contributed by atoms with Crippen LogP contribution in [0.2, 0.25) is 0 Å². The van der Waals surface area contributed by atoms with Crippen molar-refractivity contribution >= 4 is 21.8 Å². The maximum atomic E-state index is 12.5. The SMILES string of the molecule is CCC1CCCCN1C(=O)c1cc(Br)ccc1O. The van der Waals surface area contributed by atoms with Gasteiger partial charge in [-0.3, -0.25) is 4.79 Å². The second-order valence-electron chi connectivity index (χ2n) is 4.72. The number of carbonyl (C=O) groups is 1. The molecule has 1 atom stereocenters. The van der Waals surface area contributed by atoms with E-state index in [-0.39, 0.29) is 11.7 Å². The minimum Gasteiger partial charge on any atom is -0.507 e. The van der Waals surface area contributed by atoms with Crippen LogP contribution in [-0.4, -0.2) is 28.5 Å². The van der Waals surface area contributed by atoms with Gasteiger partial charge in [0.25, 0.3) is 5.91 Å². The lowest BCUT2D eigenvalue weighted by molar-refractivity contribution is 0.0605.